The standard InChI is InChI=1S/C8H17NO2S/c1-7-4-8(5-7,6-9-2)12(3,10)11/h7,9H,4-6H2,1-3H3. The second-order valence-electron chi connectivity index (χ2n) is 4.00. The van der Waals surface area contributed by atoms with Gasteiger partial charge in [-0.25, -0.2) is 8.42 Å². The van der Waals surface area contributed by atoms with Crippen molar-refractivity contribution in [1.29, 1.82) is 0 Å². The topological polar surface area (TPSA) is 46.2 Å². The molecule has 1 saturated carbocycles. The normalized spacial score (nSPS) is 36.1. The van der Waals surface area contributed by atoms with E-state index in [1.807, 2.05) is 0 Å². The third-order valence-electron chi connectivity index (χ3n) is 2.73. The minimum Gasteiger partial charge on any atom is -0.318 e. The first-order valence-corrected chi connectivity index (χ1v) is 6.15. The van der Waals surface area contributed by atoms with Crippen molar-refractivity contribution in [1.82, 2.24) is 5.32 Å². The van der Waals surface area contributed by atoms with E-state index in [4.69, 9.17) is 0 Å². The highest BCUT2D eigenvalue weighted by atomic mass is 32.2. The summed E-state index contributed by atoms with van der Waals surface area (Å²) < 4.78 is 22.4. The summed E-state index contributed by atoms with van der Waals surface area (Å²) in [7, 11) is -1.08. The molecule has 1 rings (SSSR count). The maximum absolute atomic E-state index is 11.4. The van der Waals surface area contributed by atoms with Crippen molar-refractivity contribution in [2.45, 2.75) is 24.5 Å². The van der Waals surface area contributed by atoms with Crippen LogP contribution in [-0.2, 0) is 9.84 Å². The number of rotatable bonds is 3. The molecule has 0 aliphatic heterocycles. The molecule has 1 N–H and O–H groups in total. The predicted molar refractivity (Wildman–Crippen MR) is 49.9 cm³/mol. The third-order valence-corrected chi connectivity index (χ3v) is 4.78. The van der Waals surface area contributed by atoms with E-state index in [2.05, 4.69) is 12.2 Å². The number of hydrogen-bond acceptors (Lipinski definition) is 3. The van der Waals surface area contributed by atoms with E-state index < -0.39 is 14.6 Å². The van der Waals surface area contributed by atoms with Crippen LogP contribution in [0.1, 0.15) is 19.8 Å². The zero-order chi connectivity index (χ0) is 9.41. The summed E-state index contributed by atoms with van der Waals surface area (Å²) in [5.41, 5.74) is 0. The smallest absolute Gasteiger partial charge is 0.154 e. The van der Waals surface area contributed by atoms with Crippen molar-refractivity contribution in [3.8, 4) is 0 Å². The first kappa shape index (κ1) is 9.99. The van der Waals surface area contributed by atoms with Crippen molar-refractivity contribution in [3.05, 3.63) is 0 Å². The van der Waals surface area contributed by atoms with E-state index in [-0.39, 0.29) is 0 Å². The summed E-state index contributed by atoms with van der Waals surface area (Å²) in [6.07, 6.45) is 2.97. The summed E-state index contributed by atoms with van der Waals surface area (Å²) in [5, 5.41) is 2.96. The summed E-state index contributed by atoms with van der Waals surface area (Å²) in [4.78, 5) is 0. The zero-order valence-electron chi connectivity index (χ0n) is 7.92. The van der Waals surface area contributed by atoms with Gasteiger partial charge in [-0.1, -0.05) is 6.92 Å². The Hall–Kier alpha value is -0.0900. The maximum Gasteiger partial charge on any atom is 0.154 e. The van der Waals surface area contributed by atoms with Crippen molar-refractivity contribution in [2.75, 3.05) is 19.8 Å². The quantitative estimate of drug-likeness (QED) is 0.703. The first-order chi connectivity index (χ1) is 5.41. The molecule has 0 unspecified atom stereocenters. The molecule has 3 nitrogen and oxygen atoms in total. The molecular formula is C8H17NO2S. The molecule has 1 aliphatic carbocycles. The Bertz CT molecular complexity index is 247. The fourth-order valence-corrected chi connectivity index (χ4v) is 3.69. The van der Waals surface area contributed by atoms with Gasteiger partial charge in [0.15, 0.2) is 9.84 Å². The van der Waals surface area contributed by atoms with Crippen molar-refractivity contribution < 1.29 is 8.42 Å². The Morgan fingerprint density at radius 2 is 2.00 bits per heavy atom. The Morgan fingerprint density at radius 3 is 2.25 bits per heavy atom. The van der Waals surface area contributed by atoms with Gasteiger partial charge in [0.25, 0.3) is 0 Å². The SMILES string of the molecule is CNCC1(S(C)(=O)=O)CC(C)C1. The van der Waals surface area contributed by atoms with Gasteiger partial charge < -0.3 is 5.32 Å². The van der Waals surface area contributed by atoms with E-state index >= 15 is 0 Å². The van der Waals surface area contributed by atoms with Gasteiger partial charge >= 0.3 is 0 Å². The number of hydrogen-bond donors (Lipinski definition) is 1. The van der Waals surface area contributed by atoms with E-state index in [0.717, 1.165) is 12.8 Å². The molecule has 0 bridgehead atoms. The van der Waals surface area contributed by atoms with Gasteiger partial charge in [0, 0.05) is 12.8 Å². The summed E-state index contributed by atoms with van der Waals surface area (Å²) in [5.74, 6) is 0.563. The van der Waals surface area contributed by atoms with Crippen LogP contribution < -0.4 is 5.32 Å². The average Bonchev–Trinajstić information content (AvgIpc) is 1.81. The maximum atomic E-state index is 11.4. The van der Waals surface area contributed by atoms with Crippen LogP contribution in [0.3, 0.4) is 0 Å². The van der Waals surface area contributed by atoms with Crippen LogP contribution in [0.4, 0.5) is 0 Å². The highest BCUT2D eigenvalue weighted by Gasteiger charge is 2.49. The Morgan fingerprint density at radius 1 is 1.50 bits per heavy atom. The Labute approximate surface area is 74.5 Å². The largest absolute Gasteiger partial charge is 0.318 e. The molecule has 0 aromatic rings. The van der Waals surface area contributed by atoms with Gasteiger partial charge in [0.1, 0.15) is 0 Å². The number of sulfone groups is 1. The fourth-order valence-electron chi connectivity index (χ4n) is 2.11. The predicted octanol–water partition coefficient (Wildman–Crippen LogP) is 0.419. The second kappa shape index (κ2) is 3.00. The summed E-state index contributed by atoms with van der Waals surface area (Å²) in [6.45, 7) is 2.69. The zero-order valence-corrected chi connectivity index (χ0v) is 8.74. The summed E-state index contributed by atoms with van der Waals surface area (Å²) in [6, 6.07) is 0. The highest BCUT2D eigenvalue weighted by molar-refractivity contribution is 7.92. The molecule has 0 amide bonds. The molecule has 0 radical (unpaired) electrons. The van der Waals surface area contributed by atoms with Crippen LogP contribution in [-0.4, -0.2) is 33.0 Å². The molecule has 0 spiro atoms. The van der Waals surface area contributed by atoms with E-state index in [9.17, 15) is 8.42 Å². The van der Waals surface area contributed by atoms with Crippen molar-refractivity contribution in [2.24, 2.45) is 5.92 Å². The fraction of sp³-hybridized carbons (Fsp3) is 1.00. The monoisotopic (exact) mass is 191 g/mol. The molecule has 0 aromatic heterocycles. The second-order valence-corrected chi connectivity index (χ2v) is 6.41. The Kier molecular flexibility index (Phi) is 2.50. The molecule has 0 atom stereocenters. The first-order valence-electron chi connectivity index (χ1n) is 4.25. The lowest BCUT2D eigenvalue weighted by Crippen LogP contribution is -2.55. The van der Waals surface area contributed by atoms with Gasteiger partial charge in [0.2, 0.25) is 0 Å². The van der Waals surface area contributed by atoms with Crippen molar-refractivity contribution in [3.63, 3.8) is 0 Å². The van der Waals surface area contributed by atoms with Gasteiger partial charge in [-0.15, -0.1) is 0 Å². The molecule has 4 heteroatoms. The minimum absolute atomic E-state index is 0.457. The molecule has 1 fully saturated rings. The van der Waals surface area contributed by atoms with E-state index in [0.29, 0.717) is 12.5 Å². The van der Waals surface area contributed by atoms with E-state index in [1.165, 1.54) is 6.26 Å². The van der Waals surface area contributed by atoms with Crippen LogP contribution in [0.2, 0.25) is 0 Å². The van der Waals surface area contributed by atoms with E-state index in [1.54, 1.807) is 7.05 Å². The van der Waals surface area contributed by atoms with Gasteiger partial charge in [-0.2, -0.15) is 0 Å². The summed E-state index contributed by atoms with van der Waals surface area (Å²) >= 11 is 0. The van der Waals surface area contributed by atoms with Crippen LogP contribution in [0.15, 0.2) is 0 Å². The lowest BCUT2D eigenvalue weighted by molar-refractivity contribution is 0.233. The van der Waals surface area contributed by atoms with Gasteiger partial charge in [0.05, 0.1) is 4.75 Å². The average molecular weight is 191 g/mol. The number of nitrogens with one attached hydrogen (secondary N) is 1. The van der Waals surface area contributed by atoms with Crippen LogP contribution in [0.5, 0.6) is 0 Å². The molecule has 12 heavy (non-hydrogen) atoms. The lowest BCUT2D eigenvalue weighted by Gasteiger charge is -2.44. The van der Waals surface area contributed by atoms with Gasteiger partial charge in [-0.3, -0.25) is 0 Å². The molecule has 0 aromatic carbocycles. The van der Waals surface area contributed by atoms with Crippen LogP contribution >= 0.6 is 0 Å². The van der Waals surface area contributed by atoms with Crippen LogP contribution in [0, 0.1) is 5.92 Å². The highest BCUT2D eigenvalue weighted by Crippen LogP contribution is 2.42. The van der Waals surface area contributed by atoms with Crippen LogP contribution in [0.25, 0.3) is 0 Å². The van der Waals surface area contributed by atoms with Gasteiger partial charge in [-0.05, 0) is 25.8 Å². The molecule has 0 saturated heterocycles. The molecular weight excluding hydrogens is 174 g/mol. The molecule has 0 heterocycles. The molecule has 72 valence electrons. The minimum atomic E-state index is -2.89. The molecule has 1 aliphatic rings. The van der Waals surface area contributed by atoms with Crippen molar-refractivity contribution >= 4 is 9.84 Å². The third kappa shape index (κ3) is 1.50. The lowest BCUT2D eigenvalue weighted by atomic mass is 9.75. The Balaban J connectivity index is 2.77.